The van der Waals surface area contributed by atoms with Crippen LogP contribution in [0.1, 0.15) is 52.4 Å². The van der Waals surface area contributed by atoms with E-state index in [1.165, 1.54) is 25.7 Å². The summed E-state index contributed by atoms with van der Waals surface area (Å²) >= 11 is 0. The molecule has 1 aromatic carbocycles. The fourth-order valence-corrected chi connectivity index (χ4v) is 3.36. The number of nitrogens with two attached hydrogens (primary N) is 1. The minimum atomic E-state index is -1.02. The van der Waals surface area contributed by atoms with Crippen LogP contribution in [0.3, 0.4) is 0 Å². The summed E-state index contributed by atoms with van der Waals surface area (Å²) in [6.45, 7) is 4.75. The molecule has 0 saturated carbocycles. The van der Waals surface area contributed by atoms with Crippen molar-refractivity contribution in [2.75, 3.05) is 18.1 Å². The number of ether oxygens (including phenoxy) is 1. The van der Waals surface area contributed by atoms with Gasteiger partial charge in [-0.05, 0) is 31.5 Å². The van der Waals surface area contributed by atoms with Crippen LogP contribution < -0.4 is 10.5 Å². The average Bonchev–Trinajstić information content (AvgIpc) is 2.45. The van der Waals surface area contributed by atoms with Crippen molar-refractivity contribution in [2.24, 2.45) is 0 Å². The predicted octanol–water partition coefficient (Wildman–Crippen LogP) is 4.14. The van der Waals surface area contributed by atoms with Gasteiger partial charge in [-0.2, -0.15) is 0 Å². The first-order valence-electron chi connectivity index (χ1n) is 7.59. The van der Waals surface area contributed by atoms with Crippen molar-refractivity contribution >= 4 is 16.5 Å². The molecule has 0 saturated heterocycles. The second-order valence-corrected chi connectivity index (χ2v) is 6.49. The molecule has 1 rings (SSSR count). The zero-order valence-corrected chi connectivity index (χ0v) is 13.5. The largest absolute Gasteiger partial charge is 0.494 e. The van der Waals surface area contributed by atoms with Crippen molar-refractivity contribution < 1.29 is 8.95 Å². The van der Waals surface area contributed by atoms with Crippen molar-refractivity contribution in [2.45, 2.75) is 57.3 Å². The second kappa shape index (κ2) is 9.81. The van der Waals surface area contributed by atoms with Crippen molar-refractivity contribution in [3.63, 3.8) is 0 Å². The molecule has 0 bridgehead atoms. The lowest BCUT2D eigenvalue weighted by Crippen LogP contribution is -2.03. The molecule has 114 valence electrons. The van der Waals surface area contributed by atoms with E-state index in [-0.39, 0.29) is 0 Å². The first-order valence-corrected chi connectivity index (χ1v) is 8.91. The highest BCUT2D eigenvalue weighted by molar-refractivity contribution is 7.85. The van der Waals surface area contributed by atoms with E-state index in [9.17, 15) is 4.21 Å². The van der Waals surface area contributed by atoms with Crippen LogP contribution in [0.25, 0.3) is 0 Å². The molecule has 2 N–H and O–H groups in total. The van der Waals surface area contributed by atoms with Gasteiger partial charge in [-0.1, -0.05) is 39.0 Å². The third-order valence-corrected chi connectivity index (χ3v) is 4.73. The van der Waals surface area contributed by atoms with Crippen LogP contribution in [-0.4, -0.2) is 16.6 Å². The lowest BCUT2D eigenvalue weighted by Gasteiger charge is -2.09. The van der Waals surface area contributed by atoms with Crippen molar-refractivity contribution in [3.05, 3.63) is 18.2 Å². The summed E-state index contributed by atoms with van der Waals surface area (Å²) in [5, 5.41) is 0. The Labute approximate surface area is 125 Å². The molecule has 0 aliphatic carbocycles. The van der Waals surface area contributed by atoms with E-state index < -0.39 is 10.8 Å². The van der Waals surface area contributed by atoms with Crippen LogP contribution in [0.4, 0.5) is 5.69 Å². The zero-order valence-electron chi connectivity index (χ0n) is 12.7. The maximum absolute atomic E-state index is 12.3. The van der Waals surface area contributed by atoms with Crippen LogP contribution in [0.15, 0.2) is 23.1 Å². The lowest BCUT2D eigenvalue weighted by molar-refractivity contribution is 0.339. The standard InChI is InChI=1S/C16H27NO2S/c1-3-5-6-7-8-9-12-20(18)16-13-14(19-4-2)10-11-15(16)17/h10-11,13H,3-9,12,17H2,1-2H3. The Morgan fingerprint density at radius 3 is 2.50 bits per heavy atom. The Morgan fingerprint density at radius 1 is 1.10 bits per heavy atom. The molecule has 1 unspecified atom stereocenters. The maximum atomic E-state index is 12.3. The average molecular weight is 297 g/mol. The van der Waals surface area contributed by atoms with E-state index in [4.69, 9.17) is 10.5 Å². The fraction of sp³-hybridized carbons (Fsp3) is 0.625. The van der Waals surface area contributed by atoms with Crippen LogP contribution in [0.2, 0.25) is 0 Å². The van der Waals surface area contributed by atoms with E-state index in [2.05, 4.69) is 6.92 Å². The molecule has 4 heteroatoms. The third-order valence-electron chi connectivity index (χ3n) is 3.22. The van der Waals surface area contributed by atoms with Crippen LogP contribution in [0, 0.1) is 0 Å². The number of unbranched alkanes of at least 4 members (excludes halogenated alkanes) is 5. The first kappa shape index (κ1) is 17.0. The minimum absolute atomic E-state index is 0.595. The SMILES string of the molecule is CCCCCCCCS(=O)c1cc(OCC)ccc1N. The summed E-state index contributed by atoms with van der Waals surface area (Å²) in [5.41, 5.74) is 6.50. The Morgan fingerprint density at radius 2 is 1.80 bits per heavy atom. The number of rotatable bonds is 10. The summed E-state index contributed by atoms with van der Waals surface area (Å²) in [4.78, 5) is 0.713. The number of benzene rings is 1. The number of hydrogen-bond donors (Lipinski definition) is 1. The van der Waals surface area contributed by atoms with Gasteiger partial charge in [0.1, 0.15) is 5.75 Å². The van der Waals surface area contributed by atoms with E-state index in [1.54, 1.807) is 6.07 Å². The second-order valence-electron chi connectivity index (χ2n) is 4.95. The monoisotopic (exact) mass is 297 g/mol. The van der Waals surface area contributed by atoms with Gasteiger partial charge < -0.3 is 10.5 Å². The molecule has 0 aliphatic heterocycles. The third kappa shape index (κ3) is 5.95. The highest BCUT2D eigenvalue weighted by Gasteiger charge is 2.09. The molecule has 1 aromatic rings. The van der Waals surface area contributed by atoms with Crippen LogP contribution >= 0.6 is 0 Å². The lowest BCUT2D eigenvalue weighted by atomic mass is 10.1. The molecule has 0 amide bonds. The number of anilines is 1. The van der Waals surface area contributed by atoms with Gasteiger partial charge in [-0.15, -0.1) is 0 Å². The van der Waals surface area contributed by atoms with Crippen molar-refractivity contribution in [3.8, 4) is 5.75 Å². The maximum Gasteiger partial charge on any atom is 0.120 e. The van der Waals surface area contributed by atoms with Gasteiger partial charge in [-0.25, -0.2) is 0 Å². The minimum Gasteiger partial charge on any atom is -0.494 e. The Kier molecular flexibility index (Phi) is 8.35. The first-order chi connectivity index (χ1) is 9.69. The van der Waals surface area contributed by atoms with E-state index >= 15 is 0 Å². The summed E-state index contributed by atoms with van der Waals surface area (Å²) in [6, 6.07) is 5.41. The molecule has 3 nitrogen and oxygen atoms in total. The molecule has 1 atom stereocenters. The molecule has 0 aliphatic rings. The van der Waals surface area contributed by atoms with E-state index in [0.29, 0.717) is 22.9 Å². The fourth-order valence-electron chi connectivity index (χ4n) is 2.09. The van der Waals surface area contributed by atoms with Gasteiger partial charge in [0.05, 0.1) is 22.3 Å². The van der Waals surface area contributed by atoms with Crippen molar-refractivity contribution in [1.82, 2.24) is 0 Å². The van der Waals surface area contributed by atoms with Gasteiger partial charge >= 0.3 is 0 Å². The summed E-state index contributed by atoms with van der Waals surface area (Å²) in [6.07, 6.45) is 7.22. The molecule has 0 fully saturated rings. The van der Waals surface area contributed by atoms with Crippen molar-refractivity contribution in [1.29, 1.82) is 0 Å². The molecule has 20 heavy (non-hydrogen) atoms. The molecular formula is C16H27NO2S. The smallest absolute Gasteiger partial charge is 0.120 e. The summed E-state index contributed by atoms with van der Waals surface area (Å²) in [7, 11) is -1.02. The van der Waals surface area contributed by atoms with Gasteiger partial charge in [0, 0.05) is 11.4 Å². The highest BCUT2D eigenvalue weighted by Crippen LogP contribution is 2.23. The number of hydrogen-bond acceptors (Lipinski definition) is 3. The topological polar surface area (TPSA) is 52.3 Å². The Bertz CT molecular complexity index is 421. The van der Waals surface area contributed by atoms with E-state index in [0.717, 1.165) is 18.6 Å². The van der Waals surface area contributed by atoms with Gasteiger partial charge in [0.15, 0.2) is 0 Å². The van der Waals surface area contributed by atoms with E-state index in [1.807, 2.05) is 19.1 Å². The Hall–Kier alpha value is -1.03. The highest BCUT2D eigenvalue weighted by atomic mass is 32.2. The molecule has 0 heterocycles. The zero-order chi connectivity index (χ0) is 14.8. The van der Waals surface area contributed by atoms with Gasteiger partial charge in [0.25, 0.3) is 0 Å². The molecular weight excluding hydrogens is 270 g/mol. The molecule has 0 radical (unpaired) electrons. The molecule has 0 aromatic heterocycles. The molecule has 0 spiro atoms. The quantitative estimate of drug-likeness (QED) is 0.521. The van der Waals surface area contributed by atoms with Crippen LogP contribution in [0.5, 0.6) is 5.75 Å². The summed E-state index contributed by atoms with van der Waals surface area (Å²) in [5.74, 6) is 1.43. The normalized spacial score (nSPS) is 12.3. The van der Waals surface area contributed by atoms with Gasteiger partial charge in [-0.3, -0.25) is 4.21 Å². The Balaban J connectivity index is 2.44. The van der Waals surface area contributed by atoms with Gasteiger partial charge in [0.2, 0.25) is 0 Å². The van der Waals surface area contributed by atoms with Crippen LogP contribution in [-0.2, 0) is 10.8 Å². The summed E-state index contributed by atoms with van der Waals surface area (Å²) < 4.78 is 17.7. The number of nitrogen functional groups attached to an aromatic ring is 1. The predicted molar refractivity (Wildman–Crippen MR) is 86.7 cm³/mol.